The van der Waals surface area contributed by atoms with Crippen LogP contribution in [0.1, 0.15) is 42.7 Å². The maximum absolute atomic E-state index is 12.5. The number of sulfonamides is 1. The van der Waals surface area contributed by atoms with Gasteiger partial charge in [0.25, 0.3) is 5.91 Å². The number of hydrogen-bond acceptors (Lipinski definition) is 5. The molecule has 0 fully saturated rings. The van der Waals surface area contributed by atoms with Crippen LogP contribution in [-0.4, -0.2) is 33.4 Å². The summed E-state index contributed by atoms with van der Waals surface area (Å²) < 4.78 is 32.5. The largest absolute Gasteiger partial charge is 0.452 e. The molecule has 0 unspecified atom stereocenters. The van der Waals surface area contributed by atoms with Crippen LogP contribution in [0.15, 0.2) is 47.4 Å². The van der Waals surface area contributed by atoms with E-state index in [-0.39, 0.29) is 39.0 Å². The van der Waals surface area contributed by atoms with Gasteiger partial charge in [0, 0.05) is 6.54 Å². The van der Waals surface area contributed by atoms with E-state index in [1.165, 1.54) is 0 Å². The lowest BCUT2D eigenvalue weighted by atomic mass is 10.1. The van der Waals surface area contributed by atoms with Gasteiger partial charge in [-0.3, -0.25) is 4.79 Å². The van der Waals surface area contributed by atoms with Gasteiger partial charge in [0.2, 0.25) is 10.0 Å². The number of ether oxygens (including phenoxy) is 1. The highest BCUT2D eigenvalue weighted by Gasteiger charge is 2.24. The molecule has 0 saturated carbocycles. The second kappa shape index (κ2) is 10.9. The molecule has 2 aromatic rings. The van der Waals surface area contributed by atoms with Crippen molar-refractivity contribution in [3.05, 3.63) is 63.6 Å². The predicted molar refractivity (Wildman–Crippen MR) is 120 cm³/mol. The molecule has 0 spiro atoms. The topological polar surface area (TPSA) is 102 Å². The van der Waals surface area contributed by atoms with E-state index in [9.17, 15) is 18.0 Å². The number of carbonyl (C=O) groups excluding carboxylic acids is 2. The molecule has 7 nitrogen and oxygen atoms in total. The highest BCUT2D eigenvalue weighted by atomic mass is 35.5. The normalized spacial score (nSPS) is 12.5. The molecule has 0 bridgehead atoms. The summed E-state index contributed by atoms with van der Waals surface area (Å²) in [5.74, 6) is -1.38. The van der Waals surface area contributed by atoms with Crippen LogP contribution in [-0.2, 0) is 19.6 Å². The first kappa shape index (κ1) is 25.1. The van der Waals surface area contributed by atoms with Crippen molar-refractivity contribution in [3.63, 3.8) is 0 Å². The first-order valence-electron chi connectivity index (χ1n) is 9.51. The Morgan fingerprint density at radius 3 is 2.29 bits per heavy atom. The Morgan fingerprint density at radius 1 is 1.03 bits per heavy atom. The SMILES string of the molecule is CC(C)CNS(=O)(=O)c1cc(C(=O)OCC(=O)N[C@@H](C)c2ccccc2)c(Cl)cc1Cl. The molecule has 0 heterocycles. The Kier molecular flexibility index (Phi) is 8.88. The van der Waals surface area contributed by atoms with Crippen molar-refractivity contribution in [2.45, 2.75) is 31.7 Å². The lowest BCUT2D eigenvalue weighted by Gasteiger charge is -2.15. The zero-order chi connectivity index (χ0) is 23.2. The molecular formula is C21H24Cl2N2O5S. The van der Waals surface area contributed by atoms with Crippen molar-refractivity contribution in [2.24, 2.45) is 5.92 Å². The standard InChI is InChI=1S/C21H24Cl2N2O5S/c1-13(2)11-24-31(28,29)19-9-16(17(22)10-18(19)23)21(27)30-12-20(26)25-14(3)15-7-5-4-6-8-15/h4-10,13-14,24H,11-12H2,1-3H3,(H,25,26)/t14-/m0/s1. The third-order valence-corrected chi connectivity index (χ3v) is 6.42. The van der Waals surface area contributed by atoms with Crippen molar-refractivity contribution < 1.29 is 22.7 Å². The van der Waals surface area contributed by atoms with Crippen molar-refractivity contribution in [3.8, 4) is 0 Å². The number of hydrogen-bond donors (Lipinski definition) is 2. The van der Waals surface area contributed by atoms with Crippen molar-refractivity contribution in [1.82, 2.24) is 10.0 Å². The zero-order valence-corrected chi connectivity index (χ0v) is 19.6. The molecule has 10 heteroatoms. The third-order valence-electron chi connectivity index (χ3n) is 4.22. The molecule has 2 N–H and O–H groups in total. The summed E-state index contributed by atoms with van der Waals surface area (Å²) in [5.41, 5.74) is 0.687. The zero-order valence-electron chi connectivity index (χ0n) is 17.3. The van der Waals surface area contributed by atoms with E-state index in [0.29, 0.717) is 0 Å². The number of rotatable bonds is 9. The molecule has 0 aliphatic heterocycles. The van der Waals surface area contributed by atoms with Crippen molar-refractivity contribution in [1.29, 1.82) is 0 Å². The van der Waals surface area contributed by atoms with Crippen LogP contribution >= 0.6 is 23.2 Å². The maximum atomic E-state index is 12.5. The van der Waals surface area contributed by atoms with Crippen LogP contribution in [0.4, 0.5) is 0 Å². The van der Waals surface area contributed by atoms with Crippen LogP contribution in [0.2, 0.25) is 10.0 Å². The third kappa shape index (κ3) is 7.21. The Hall–Kier alpha value is -2.13. The number of amides is 1. The van der Waals surface area contributed by atoms with Gasteiger partial charge in [-0.1, -0.05) is 67.4 Å². The van der Waals surface area contributed by atoms with Gasteiger partial charge in [0.1, 0.15) is 4.90 Å². The summed E-state index contributed by atoms with van der Waals surface area (Å²) in [6.07, 6.45) is 0. The second-order valence-electron chi connectivity index (χ2n) is 7.28. The lowest BCUT2D eigenvalue weighted by Crippen LogP contribution is -2.31. The van der Waals surface area contributed by atoms with E-state index in [1.807, 2.05) is 44.2 Å². The molecule has 1 amide bonds. The van der Waals surface area contributed by atoms with Gasteiger partial charge in [0.15, 0.2) is 6.61 Å². The van der Waals surface area contributed by atoms with Gasteiger partial charge in [-0.15, -0.1) is 0 Å². The van der Waals surface area contributed by atoms with Gasteiger partial charge >= 0.3 is 5.97 Å². The minimum atomic E-state index is -3.96. The van der Waals surface area contributed by atoms with Crippen LogP contribution in [0, 0.1) is 5.92 Å². The van der Waals surface area contributed by atoms with Gasteiger partial charge in [-0.05, 0) is 30.5 Å². The highest BCUT2D eigenvalue weighted by molar-refractivity contribution is 7.89. The van der Waals surface area contributed by atoms with Crippen LogP contribution < -0.4 is 10.0 Å². The van der Waals surface area contributed by atoms with E-state index in [2.05, 4.69) is 10.0 Å². The average molecular weight is 487 g/mol. The fourth-order valence-corrected chi connectivity index (χ4v) is 4.62. The summed E-state index contributed by atoms with van der Waals surface area (Å²) in [5, 5.41) is 2.49. The molecule has 2 aromatic carbocycles. The molecule has 168 valence electrons. The Bertz CT molecular complexity index is 1040. The highest BCUT2D eigenvalue weighted by Crippen LogP contribution is 2.29. The van der Waals surface area contributed by atoms with Crippen molar-refractivity contribution in [2.75, 3.05) is 13.2 Å². The summed E-state index contributed by atoms with van der Waals surface area (Å²) in [6.45, 7) is 5.13. The smallest absolute Gasteiger partial charge is 0.340 e. The number of nitrogens with one attached hydrogen (secondary N) is 2. The minimum Gasteiger partial charge on any atom is -0.452 e. The van der Waals surface area contributed by atoms with Gasteiger partial charge < -0.3 is 10.1 Å². The quantitative estimate of drug-likeness (QED) is 0.522. The predicted octanol–water partition coefficient (Wildman–Crippen LogP) is 3.96. The van der Waals surface area contributed by atoms with E-state index in [0.717, 1.165) is 17.7 Å². The van der Waals surface area contributed by atoms with Gasteiger partial charge in [0.05, 0.1) is 21.7 Å². The van der Waals surface area contributed by atoms with Gasteiger partial charge in [-0.2, -0.15) is 0 Å². The molecule has 0 saturated heterocycles. The molecular weight excluding hydrogens is 463 g/mol. The molecule has 0 aliphatic carbocycles. The average Bonchev–Trinajstić information content (AvgIpc) is 2.71. The number of carbonyl (C=O) groups is 2. The molecule has 0 aliphatic rings. The molecule has 2 rings (SSSR count). The monoisotopic (exact) mass is 486 g/mol. The van der Waals surface area contributed by atoms with E-state index >= 15 is 0 Å². The maximum Gasteiger partial charge on any atom is 0.340 e. The second-order valence-corrected chi connectivity index (χ2v) is 9.83. The minimum absolute atomic E-state index is 0.0714. The summed E-state index contributed by atoms with van der Waals surface area (Å²) in [7, 11) is -3.96. The van der Waals surface area contributed by atoms with E-state index < -0.39 is 28.5 Å². The van der Waals surface area contributed by atoms with Crippen molar-refractivity contribution >= 4 is 45.1 Å². The van der Waals surface area contributed by atoms with Crippen LogP contribution in [0.5, 0.6) is 0 Å². The first-order valence-corrected chi connectivity index (χ1v) is 11.7. The summed E-state index contributed by atoms with van der Waals surface area (Å²) in [4.78, 5) is 24.3. The number of esters is 1. The Balaban J connectivity index is 2.08. The number of halogens is 2. The van der Waals surface area contributed by atoms with E-state index in [4.69, 9.17) is 27.9 Å². The van der Waals surface area contributed by atoms with Gasteiger partial charge in [-0.25, -0.2) is 17.9 Å². The molecule has 0 radical (unpaired) electrons. The Morgan fingerprint density at radius 2 is 1.68 bits per heavy atom. The molecule has 1 atom stereocenters. The van der Waals surface area contributed by atoms with Crippen LogP contribution in [0.3, 0.4) is 0 Å². The Labute approximate surface area is 192 Å². The fraction of sp³-hybridized carbons (Fsp3) is 0.333. The fourth-order valence-electron chi connectivity index (χ4n) is 2.56. The number of benzene rings is 2. The van der Waals surface area contributed by atoms with Crippen LogP contribution in [0.25, 0.3) is 0 Å². The lowest BCUT2D eigenvalue weighted by molar-refractivity contribution is -0.124. The van der Waals surface area contributed by atoms with E-state index in [1.54, 1.807) is 6.92 Å². The summed E-state index contributed by atoms with van der Waals surface area (Å²) >= 11 is 12.1. The molecule has 0 aromatic heterocycles. The summed E-state index contributed by atoms with van der Waals surface area (Å²) in [6, 6.07) is 11.2. The first-order chi connectivity index (χ1) is 14.5. The molecule has 31 heavy (non-hydrogen) atoms.